The van der Waals surface area contributed by atoms with Gasteiger partial charge in [-0.15, -0.1) is 0 Å². The van der Waals surface area contributed by atoms with Crippen LogP contribution < -0.4 is 10.3 Å². The molecule has 1 aliphatic rings. The van der Waals surface area contributed by atoms with Crippen LogP contribution in [0, 0.1) is 22.7 Å². The standard InChI is InChI=1S/C15H15N7S/c1-21-4-6-22(7-5-21)15-18-13-3-2-11(8-14(13)23-15)19-20-12(9-16)10-17/h2-3,8,19H,4-7H2,1H3. The van der Waals surface area contributed by atoms with Crippen molar-refractivity contribution < 1.29 is 0 Å². The second-order valence-corrected chi connectivity index (χ2v) is 6.27. The first kappa shape index (κ1) is 15.2. The summed E-state index contributed by atoms with van der Waals surface area (Å²) in [5.41, 5.74) is 4.21. The predicted molar refractivity (Wildman–Crippen MR) is 91.6 cm³/mol. The van der Waals surface area contributed by atoms with Crippen molar-refractivity contribution in [3.05, 3.63) is 18.2 Å². The van der Waals surface area contributed by atoms with Crippen LogP contribution in [0.1, 0.15) is 0 Å². The largest absolute Gasteiger partial charge is 0.345 e. The molecule has 116 valence electrons. The van der Waals surface area contributed by atoms with Crippen LogP contribution in [0.15, 0.2) is 23.3 Å². The molecule has 1 N–H and O–H groups in total. The Morgan fingerprint density at radius 3 is 2.70 bits per heavy atom. The predicted octanol–water partition coefficient (Wildman–Crippen LogP) is 1.86. The first-order valence-corrected chi connectivity index (χ1v) is 7.99. The van der Waals surface area contributed by atoms with Gasteiger partial charge in [-0.25, -0.2) is 4.98 Å². The third-order valence-corrected chi connectivity index (χ3v) is 4.74. The third-order valence-electron chi connectivity index (χ3n) is 3.66. The molecule has 3 rings (SSSR count). The van der Waals surface area contributed by atoms with Crippen LogP contribution in [0.3, 0.4) is 0 Å². The second-order valence-electron chi connectivity index (χ2n) is 5.27. The Morgan fingerprint density at radius 2 is 2.00 bits per heavy atom. The minimum Gasteiger partial charge on any atom is -0.345 e. The maximum Gasteiger partial charge on any atom is 0.237 e. The lowest BCUT2D eigenvalue weighted by atomic mass is 10.3. The molecule has 2 aromatic rings. The third kappa shape index (κ3) is 3.39. The van der Waals surface area contributed by atoms with E-state index in [2.05, 4.69) is 32.4 Å². The number of fused-ring (bicyclic) bond motifs is 1. The number of anilines is 2. The summed E-state index contributed by atoms with van der Waals surface area (Å²) < 4.78 is 1.05. The quantitative estimate of drug-likeness (QED) is 0.684. The molecule has 8 heteroatoms. The molecule has 0 bridgehead atoms. The van der Waals surface area contributed by atoms with E-state index in [1.54, 1.807) is 23.5 Å². The first-order chi connectivity index (χ1) is 11.2. The molecule has 0 saturated carbocycles. The number of aromatic nitrogens is 1. The van der Waals surface area contributed by atoms with Crippen molar-refractivity contribution in [2.24, 2.45) is 5.10 Å². The first-order valence-electron chi connectivity index (χ1n) is 7.17. The van der Waals surface area contributed by atoms with E-state index in [0.29, 0.717) is 0 Å². The molecular weight excluding hydrogens is 310 g/mol. The van der Waals surface area contributed by atoms with E-state index >= 15 is 0 Å². The highest BCUT2D eigenvalue weighted by Crippen LogP contribution is 2.31. The van der Waals surface area contributed by atoms with Gasteiger partial charge in [0, 0.05) is 26.2 Å². The van der Waals surface area contributed by atoms with Crippen LogP contribution in [0.5, 0.6) is 0 Å². The Bertz CT molecular complexity index is 802. The lowest BCUT2D eigenvalue weighted by molar-refractivity contribution is 0.313. The van der Waals surface area contributed by atoms with Crippen LogP contribution in [-0.2, 0) is 0 Å². The maximum atomic E-state index is 8.68. The summed E-state index contributed by atoms with van der Waals surface area (Å²) in [5, 5.41) is 22.2. The number of piperazine rings is 1. The molecule has 0 spiro atoms. The van der Waals surface area contributed by atoms with Crippen LogP contribution >= 0.6 is 11.3 Å². The fourth-order valence-corrected chi connectivity index (χ4v) is 3.37. The number of nitriles is 2. The van der Waals surface area contributed by atoms with Gasteiger partial charge in [0.25, 0.3) is 0 Å². The number of nitrogens with one attached hydrogen (secondary N) is 1. The lowest BCUT2D eigenvalue weighted by Crippen LogP contribution is -2.44. The van der Waals surface area contributed by atoms with Gasteiger partial charge in [-0.2, -0.15) is 15.6 Å². The summed E-state index contributed by atoms with van der Waals surface area (Å²) in [7, 11) is 2.13. The van der Waals surface area contributed by atoms with Gasteiger partial charge < -0.3 is 9.80 Å². The van der Waals surface area contributed by atoms with Crippen molar-refractivity contribution in [3.8, 4) is 12.1 Å². The minimum absolute atomic E-state index is 0.201. The molecule has 1 aliphatic heterocycles. The topological polar surface area (TPSA) is 91.3 Å². The molecule has 0 unspecified atom stereocenters. The zero-order valence-electron chi connectivity index (χ0n) is 12.7. The van der Waals surface area contributed by atoms with Gasteiger partial charge >= 0.3 is 0 Å². The molecule has 0 aliphatic carbocycles. The Labute approximate surface area is 138 Å². The summed E-state index contributed by atoms with van der Waals surface area (Å²) in [6, 6.07) is 9.12. The number of nitrogens with zero attached hydrogens (tertiary/aromatic N) is 6. The number of benzene rings is 1. The molecule has 0 radical (unpaired) electrons. The van der Waals surface area contributed by atoms with E-state index in [1.807, 2.05) is 18.2 Å². The Hall–Kier alpha value is -2.68. The smallest absolute Gasteiger partial charge is 0.237 e. The number of thiazole rings is 1. The molecule has 0 amide bonds. The number of hydrazone groups is 1. The fourth-order valence-electron chi connectivity index (χ4n) is 2.31. The molecule has 2 heterocycles. The van der Waals surface area contributed by atoms with Crippen LogP contribution in [0.4, 0.5) is 10.8 Å². The summed E-state index contributed by atoms with van der Waals surface area (Å²) >= 11 is 1.64. The molecule has 1 saturated heterocycles. The maximum absolute atomic E-state index is 8.68. The summed E-state index contributed by atoms with van der Waals surface area (Å²) in [5.74, 6) is 0. The van der Waals surface area contributed by atoms with Crippen molar-refractivity contribution in [1.82, 2.24) is 9.88 Å². The molecule has 1 fully saturated rings. The van der Waals surface area contributed by atoms with Gasteiger partial charge in [-0.3, -0.25) is 5.43 Å². The van der Waals surface area contributed by atoms with E-state index in [-0.39, 0.29) is 5.71 Å². The zero-order chi connectivity index (χ0) is 16.2. The lowest BCUT2D eigenvalue weighted by Gasteiger charge is -2.31. The Kier molecular flexibility index (Phi) is 4.38. The fraction of sp³-hybridized carbons (Fsp3) is 0.333. The van der Waals surface area contributed by atoms with E-state index in [9.17, 15) is 0 Å². The van der Waals surface area contributed by atoms with Gasteiger partial charge in [0.1, 0.15) is 12.1 Å². The van der Waals surface area contributed by atoms with E-state index in [4.69, 9.17) is 10.5 Å². The highest BCUT2D eigenvalue weighted by Gasteiger charge is 2.17. The SMILES string of the molecule is CN1CCN(c2nc3ccc(NN=C(C#N)C#N)cc3s2)CC1. The number of hydrogen-bond acceptors (Lipinski definition) is 8. The number of rotatable bonds is 3. The van der Waals surface area contributed by atoms with Crippen molar-refractivity contribution in [2.45, 2.75) is 0 Å². The van der Waals surface area contributed by atoms with Crippen molar-refractivity contribution in [2.75, 3.05) is 43.6 Å². The van der Waals surface area contributed by atoms with Gasteiger partial charge in [0.05, 0.1) is 15.9 Å². The van der Waals surface area contributed by atoms with Crippen molar-refractivity contribution in [1.29, 1.82) is 10.5 Å². The van der Waals surface area contributed by atoms with Gasteiger partial charge in [0.2, 0.25) is 5.71 Å². The highest BCUT2D eigenvalue weighted by atomic mass is 32.1. The molecule has 7 nitrogen and oxygen atoms in total. The Balaban J connectivity index is 1.80. The monoisotopic (exact) mass is 325 g/mol. The van der Waals surface area contributed by atoms with E-state index < -0.39 is 0 Å². The minimum atomic E-state index is -0.201. The van der Waals surface area contributed by atoms with Crippen LogP contribution in [-0.4, -0.2) is 48.8 Å². The average Bonchev–Trinajstić information content (AvgIpc) is 2.99. The molecule has 0 atom stereocenters. The normalized spacial score (nSPS) is 15.0. The van der Waals surface area contributed by atoms with Crippen molar-refractivity contribution >= 4 is 38.1 Å². The number of likely N-dealkylation sites (N-methyl/N-ethyl adjacent to an activating group) is 1. The highest BCUT2D eigenvalue weighted by molar-refractivity contribution is 7.22. The molecule has 23 heavy (non-hydrogen) atoms. The van der Waals surface area contributed by atoms with Gasteiger partial charge in [0.15, 0.2) is 5.13 Å². The van der Waals surface area contributed by atoms with E-state index in [0.717, 1.165) is 47.2 Å². The van der Waals surface area contributed by atoms with Gasteiger partial charge in [-0.1, -0.05) is 11.3 Å². The summed E-state index contributed by atoms with van der Waals surface area (Å²) in [6.45, 7) is 4.06. The summed E-state index contributed by atoms with van der Waals surface area (Å²) in [4.78, 5) is 9.30. The molecule has 1 aromatic carbocycles. The Morgan fingerprint density at radius 1 is 1.26 bits per heavy atom. The van der Waals surface area contributed by atoms with E-state index in [1.165, 1.54) is 0 Å². The summed E-state index contributed by atoms with van der Waals surface area (Å²) in [6.07, 6.45) is 0. The number of hydrogen-bond donors (Lipinski definition) is 1. The zero-order valence-corrected chi connectivity index (χ0v) is 13.5. The van der Waals surface area contributed by atoms with Crippen LogP contribution in [0.25, 0.3) is 10.2 Å². The molecule has 1 aromatic heterocycles. The average molecular weight is 325 g/mol. The van der Waals surface area contributed by atoms with Crippen LogP contribution in [0.2, 0.25) is 0 Å². The second kappa shape index (κ2) is 6.61. The van der Waals surface area contributed by atoms with Gasteiger partial charge in [-0.05, 0) is 25.2 Å². The molecular formula is C15H15N7S. The van der Waals surface area contributed by atoms with Crippen molar-refractivity contribution in [3.63, 3.8) is 0 Å².